The van der Waals surface area contributed by atoms with Crippen LogP contribution in [0.1, 0.15) is 36.8 Å². The highest BCUT2D eigenvalue weighted by atomic mass is 16.5. The summed E-state index contributed by atoms with van der Waals surface area (Å²) in [5, 5.41) is 3.64. The number of benzene rings is 1. The third-order valence-corrected chi connectivity index (χ3v) is 3.49. The molecule has 0 aliphatic heterocycles. The van der Waals surface area contributed by atoms with Gasteiger partial charge in [0, 0.05) is 12.6 Å². The van der Waals surface area contributed by atoms with E-state index < -0.39 is 0 Å². The molecule has 16 heavy (non-hydrogen) atoms. The van der Waals surface area contributed by atoms with Gasteiger partial charge in [-0.25, -0.2) is 0 Å². The second-order valence-electron chi connectivity index (χ2n) is 4.65. The summed E-state index contributed by atoms with van der Waals surface area (Å²) in [5.74, 6) is 0.946. The Morgan fingerprint density at radius 2 is 2.06 bits per heavy atom. The van der Waals surface area contributed by atoms with Crippen molar-refractivity contribution in [1.82, 2.24) is 5.32 Å². The Balaban J connectivity index is 1.93. The van der Waals surface area contributed by atoms with Crippen LogP contribution in [0.15, 0.2) is 18.2 Å². The second kappa shape index (κ2) is 5.35. The quantitative estimate of drug-likeness (QED) is 0.840. The molecular formula is C14H21NO. The molecule has 0 saturated heterocycles. The molecule has 2 rings (SSSR count). The van der Waals surface area contributed by atoms with Crippen molar-refractivity contribution < 1.29 is 4.74 Å². The van der Waals surface area contributed by atoms with Crippen LogP contribution in [-0.2, 0) is 6.54 Å². The Bertz CT molecular complexity index is 343. The van der Waals surface area contributed by atoms with Gasteiger partial charge in [0.1, 0.15) is 5.75 Å². The first kappa shape index (κ1) is 11.5. The molecule has 1 aromatic carbocycles. The number of methoxy groups -OCH3 is 1. The summed E-state index contributed by atoms with van der Waals surface area (Å²) in [6, 6.07) is 7.04. The topological polar surface area (TPSA) is 21.3 Å². The Kier molecular flexibility index (Phi) is 3.83. The predicted octanol–water partition coefficient (Wildman–Crippen LogP) is 3.04. The molecule has 1 saturated carbocycles. The Hall–Kier alpha value is -1.02. The van der Waals surface area contributed by atoms with E-state index in [9.17, 15) is 0 Å². The van der Waals surface area contributed by atoms with Gasteiger partial charge in [-0.3, -0.25) is 0 Å². The van der Waals surface area contributed by atoms with E-state index in [-0.39, 0.29) is 0 Å². The summed E-state index contributed by atoms with van der Waals surface area (Å²) in [6.45, 7) is 3.13. The summed E-state index contributed by atoms with van der Waals surface area (Å²) in [6.07, 6.45) is 5.46. The van der Waals surface area contributed by atoms with E-state index in [0.717, 1.165) is 18.3 Å². The lowest BCUT2D eigenvalue weighted by molar-refractivity contribution is 0.414. The molecule has 1 aromatic rings. The van der Waals surface area contributed by atoms with Crippen molar-refractivity contribution in [2.45, 2.75) is 45.2 Å². The molecule has 1 aliphatic carbocycles. The summed E-state index contributed by atoms with van der Waals surface area (Å²) in [5.41, 5.74) is 2.69. The SMILES string of the molecule is COc1ccc(CNC2CCCC2)c(C)c1. The zero-order valence-electron chi connectivity index (χ0n) is 10.3. The van der Waals surface area contributed by atoms with Crippen LogP contribution in [0.2, 0.25) is 0 Å². The third-order valence-electron chi connectivity index (χ3n) is 3.49. The van der Waals surface area contributed by atoms with Crippen LogP contribution in [-0.4, -0.2) is 13.2 Å². The van der Waals surface area contributed by atoms with Crippen molar-refractivity contribution >= 4 is 0 Å². The fourth-order valence-electron chi connectivity index (χ4n) is 2.38. The lowest BCUT2D eigenvalue weighted by Gasteiger charge is -2.13. The molecule has 0 unspecified atom stereocenters. The van der Waals surface area contributed by atoms with Crippen LogP contribution in [0, 0.1) is 6.92 Å². The summed E-state index contributed by atoms with van der Waals surface area (Å²) >= 11 is 0. The summed E-state index contributed by atoms with van der Waals surface area (Å²) in [4.78, 5) is 0. The molecule has 2 nitrogen and oxygen atoms in total. The van der Waals surface area contributed by atoms with E-state index in [1.807, 2.05) is 6.07 Å². The number of hydrogen-bond acceptors (Lipinski definition) is 2. The van der Waals surface area contributed by atoms with Crippen molar-refractivity contribution in [3.63, 3.8) is 0 Å². The molecule has 2 heteroatoms. The molecule has 0 bridgehead atoms. The minimum absolute atomic E-state index is 0.738. The first-order valence-electron chi connectivity index (χ1n) is 6.16. The Morgan fingerprint density at radius 1 is 1.31 bits per heavy atom. The van der Waals surface area contributed by atoms with E-state index in [1.165, 1.54) is 36.8 Å². The zero-order chi connectivity index (χ0) is 11.4. The first-order valence-corrected chi connectivity index (χ1v) is 6.16. The van der Waals surface area contributed by atoms with Crippen molar-refractivity contribution in [1.29, 1.82) is 0 Å². The maximum absolute atomic E-state index is 5.21. The van der Waals surface area contributed by atoms with Crippen molar-refractivity contribution in [3.8, 4) is 5.75 Å². The van der Waals surface area contributed by atoms with Crippen molar-refractivity contribution in [2.75, 3.05) is 7.11 Å². The second-order valence-corrected chi connectivity index (χ2v) is 4.65. The maximum atomic E-state index is 5.21. The largest absolute Gasteiger partial charge is 0.497 e. The smallest absolute Gasteiger partial charge is 0.119 e. The van der Waals surface area contributed by atoms with Crippen LogP contribution < -0.4 is 10.1 Å². The molecule has 0 amide bonds. The van der Waals surface area contributed by atoms with Gasteiger partial charge in [-0.15, -0.1) is 0 Å². The first-order chi connectivity index (χ1) is 7.79. The van der Waals surface area contributed by atoms with E-state index in [0.29, 0.717) is 0 Å². The van der Waals surface area contributed by atoms with Gasteiger partial charge in [0.2, 0.25) is 0 Å². The Morgan fingerprint density at radius 3 is 2.69 bits per heavy atom. The fraction of sp³-hybridized carbons (Fsp3) is 0.571. The van der Waals surface area contributed by atoms with Gasteiger partial charge >= 0.3 is 0 Å². The van der Waals surface area contributed by atoms with Crippen molar-refractivity contribution in [3.05, 3.63) is 29.3 Å². The third kappa shape index (κ3) is 2.76. The molecule has 0 atom stereocenters. The van der Waals surface area contributed by atoms with E-state index in [2.05, 4.69) is 24.4 Å². The zero-order valence-corrected chi connectivity index (χ0v) is 10.3. The average molecular weight is 219 g/mol. The molecule has 1 fully saturated rings. The van der Waals surface area contributed by atoms with Gasteiger partial charge in [0.15, 0.2) is 0 Å². The van der Waals surface area contributed by atoms with Gasteiger partial charge in [-0.05, 0) is 43.0 Å². The summed E-state index contributed by atoms with van der Waals surface area (Å²) in [7, 11) is 1.71. The van der Waals surface area contributed by atoms with Crippen LogP contribution in [0.5, 0.6) is 5.75 Å². The standard InChI is InChI=1S/C14H21NO/c1-11-9-14(16-2)8-7-12(11)10-15-13-5-3-4-6-13/h7-9,13,15H,3-6,10H2,1-2H3. The van der Waals surface area contributed by atoms with Gasteiger partial charge < -0.3 is 10.1 Å². The minimum Gasteiger partial charge on any atom is -0.497 e. The lowest BCUT2D eigenvalue weighted by atomic mass is 10.1. The molecule has 1 N–H and O–H groups in total. The monoisotopic (exact) mass is 219 g/mol. The van der Waals surface area contributed by atoms with Gasteiger partial charge in [0.05, 0.1) is 7.11 Å². The number of nitrogens with one attached hydrogen (secondary N) is 1. The molecule has 0 heterocycles. The fourth-order valence-corrected chi connectivity index (χ4v) is 2.38. The molecule has 0 aromatic heterocycles. The van der Waals surface area contributed by atoms with E-state index >= 15 is 0 Å². The Labute approximate surface area is 98.0 Å². The molecule has 88 valence electrons. The number of aryl methyl sites for hydroxylation is 1. The highest BCUT2D eigenvalue weighted by Gasteiger charge is 2.14. The van der Waals surface area contributed by atoms with Crippen molar-refractivity contribution in [2.24, 2.45) is 0 Å². The minimum atomic E-state index is 0.738. The van der Waals surface area contributed by atoms with Gasteiger partial charge in [-0.2, -0.15) is 0 Å². The average Bonchev–Trinajstić information content (AvgIpc) is 2.80. The van der Waals surface area contributed by atoms with Crippen LogP contribution in [0.25, 0.3) is 0 Å². The molecule has 0 spiro atoms. The predicted molar refractivity (Wildman–Crippen MR) is 66.8 cm³/mol. The molecule has 1 aliphatic rings. The van der Waals surface area contributed by atoms with Gasteiger partial charge in [0.25, 0.3) is 0 Å². The maximum Gasteiger partial charge on any atom is 0.119 e. The van der Waals surface area contributed by atoms with Crippen LogP contribution >= 0.6 is 0 Å². The van der Waals surface area contributed by atoms with Crippen LogP contribution in [0.4, 0.5) is 0 Å². The normalized spacial score (nSPS) is 16.6. The van der Waals surface area contributed by atoms with Crippen LogP contribution in [0.3, 0.4) is 0 Å². The molecular weight excluding hydrogens is 198 g/mol. The molecule has 0 radical (unpaired) electrons. The number of ether oxygens (including phenoxy) is 1. The lowest BCUT2D eigenvalue weighted by Crippen LogP contribution is -2.25. The van der Waals surface area contributed by atoms with E-state index in [1.54, 1.807) is 7.11 Å². The highest BCUT2D eigenvalue weighted by molar-refractivity contribution is 5.34. The highest BCUT2D eigenvalue weighted by Crippen LogP contribution is 2.20. The summed E-state index contributed by atoms with van der Waals surface area (Å²) < 4.78 is 5.21. The van der Waals surface area contributed by atoms with E-state index in [4.69, 9.17) is 4.74 Å². The number of rotatable bonds is 4. The van der Waals surface area contributed by atoms with Gasteiger partial charge in [-0.1, -0.05) is 18.9 Å². The number of hydrogen-bond donors (Lipinski definition) is 1.